The molecule has 1 aliphatic rings. The number of alkyl halides is 3. The smallest absolute Gasteiger partial charge is 0.410 e. The molecule has 0 aromatic carbocycles. The quantitative estimate of drug-likeness (QED) is 0.804. The summed E-state index contributed by atoms with van der Waals surface area (Å²) in [6.45, 7) is 7.55. The molecule has 1 amide bonds. The van der Waals surface area contributed by atoms with Crippen molar-refractivity contribution >= 4 is 17.1 Å². The summed E-state index contributed by atoms with van der Waals surface area (Å²) in [6, 6.07) is -0.248. The van der Waals surface area contributed by atoms with E-state index in [0.717, 1.165) is 0 Å². The number of carbonyl (C=O) groups is 1. The largest absolute Gasteiger partial charge is 0.444 e. The van der Waals surface area contributed by atoms with Gasteiger partial charge in [-0.3, -0.25) is 4.79 Å². The van der Waals surface area contributed by atoms with E-state index in [1.54, 1.807) is 25.7 Å². The Hall–Kier alpha value is -2.59. The molecule has 2 aromatic heterocycles. The van der Waals surface area contributed by atoms with E-state index in [0.29, 0.717) is 19.5 Å². The number of hydrogen-bond acceptors (Lipinski definition) is 5. The molecule has 0 saturated carbocycles. The Morgan fingerprint density at radius 3 is 2.67 bits per heavy atom. The lowest BCUT2D eigenvalue weighted by atomic mass is 10.0. The topological polar surface area (TPSA) is 93.1 Å². The van der Waals surface area contributed by atoms with Gasteiger partial charge in [0.25, 0.3) is 5.56 Å². The van der Waals surface area contributed by atoms with E-state index in [1.165, 1.54) is 17.8 Å². The summed E-state index contributed by atoms with van der Waals surface area (Å²) in [5.41, 5.74) is -0.923. The van der Waals surface area contributed by atoms with Crippen LogP contribution < -0.4 is 5.56 Å². The second kappa shape index (κ2) is 7.92. The fourth-order valence-electron chi connectivity index (χ4n) is 3.50. The number of halogens is 3. The molecule has 2 unspecified atom stereocenters. The lowest BCUT2D eigenvalue weighted by molar-refractivity contribution is -0.175. The van der Waals surface area contributed by atoms with E-state index in [9.17, 15) is 22.8 Å². The molecular formula is C19H26F3N5O3. The van der Waals surface area contributed by atoms with E-state index in [4.69, 9.17) is 4.74 Å². The molecule has 0 spiro atoms. The number of aromatic nitrogens is 4. The van der Waals surface area contributed by atoms with Gasteiger partial charge in [0.1, 0.15) is 16.8 Å². The molecule has 1 aliphatic heterocycles. The predicted molar refractivity (Wildman–Crippen MR) is 103 cm³/mol. The van der Waals surface area contributed by atoms with Gasteiger partial charge >= 0.3 is 12.3 Å². The molecule has 0 radical (unpaired) electrons. The number of fused-ring (bicyclic) bond motifs is 1. The van der Waals surface area contributed by atoms with Crippen LogP contribution in [0.15, 0.2) is 11.0 Å². The van der Waals surface area contributed by atoms with Crippen molar-refractivity contribution in [3.63, 3.8) is 0 Å². The summed E-state index contributed by atoms with van der Waals surface area (Å²) in [4.78, 5) is 32.9. The summed E-state index contributed by atoms with van der Waals surface area (Å²) in [6.07, 6.45) is -3.42. The van der Waals surface area contributed by atoms with Gasteiger partial charge in [0.15, 0.2) is 5.65 Å². The third kappa shape index (κ3) is 4.76. The number of H-pyrrole nitrogens is 1. The van der Waals surface area contributed by atoms with E-state index >= 15 is 0 Å². The molecule has 1 saturated heterocycles. The molecule has 11 heteroatoms. The average Bonchev–Trinajstić information content (AvgIpc) is 3.24. The average molecular weight is 429 g/mol. The highest BCUT2D eigenvalue weighted by atomic mass is 19.4. The summed E-state index contributed by atoms with van der Waals surface area (Å²) in [5, 5.41) is 4.43. The number of rotatable bonds is 4. The molecular weight excluding hydrogens is 403 g/mol. The highest BCUT2D eigenvalue weighted by Gasteiger charge is 2.39. The molecule has 1 N–H and O–H groups in total. The molecule has 1 fully saturated rings. The second-order valence-corrected chi connectivity index (χ2v) is 8.56. The van der Waals surface area contributed by atoms with Gasteiger partial charge in [-0.25, -0.2) is 14.5 Å². The van der Waals surface area contributed by atoms with Crippen molar-refractivity contribution in [3.8, 4) is 0 Å². The number of amides is 1. The van der Waals surface area contributed by atoms with Crippen molar-refractivity contribution in [1.82, 2.24) is 24.6 Å². The summed E-state index contributed by atoms with van der Waals surface area (Å²) >= 11 is 0. The lowest BCUT2D eigenvalue weighted by Crippen LogP contribution is -2.35. The first-order chi connectivity index (χ1) is 13.9. The van der Waals surface area contributed by atoms with Crippen molar-refractivity contribution in [2.24, 2.45) is 5.92 Å². The van der Waals surface area contributed by atoms with Gasteiger partial charge in [-0.05, 0) is 33.6 Å². The van der Waals surface area contributed by atoms with E-state index < -0.39 is 35.8 Å². The molecule has 30 heavy (non-hydrogen) atoms. The maximum atomic E-state index is 13.1. The first-order valence-corrected chi connectivity index (χ1v) is 9.90. The highest BCUT2D eigenvalue weighted by molar-refractivity contribution is 5.73. The molecule has 8 nitrogen and oxygen atoms in total. The minimum atomic E-state index is -4.37. The van der Waals surface area contributed by atoms with Crippen molar-refractivity contribution in [2.75, 3.05) is 13.1 Å². The van der Waals surface area contributed by atoms with Crippen LogP contribution in [-0.2, 0) is 11.2 Å². The Labute approximate surface area is 171 Å². The number of nitrogens with one attached hydrogen (secondary N) is 1. The molecule has 2 atom stereocenters. The molecule has 2 aromatic rings. The van der Waals surface area contributed by atoms with E-state index in [2.05, 4.69) is 15.1 Å². The molecule has 166 valence electrons. The monoisotopic (exact) mass is 429 g/mol. The number of aromatic amines is 1. The summed E-state index contributed by atoms with van der Waals surface area (Å²) in [5.74, 6) is -1.62. The molecule has 3 rings (SSSR count). The zero-order chi connectivity index (χ0) is 22.3. The first kappa shape index (κ1) is 22.1. The van der Waals surface area contributed by atoms with Crippen molar-refractivity contribution in [2.45, 2.75) is 64.8 Å². The van der Waals surface area contributed by atoms with Gasteiger partial charge in [-0.1, -0.05) is 6.92 Å². The van der Waals surface area contributed by atoms with Crippen LogP contribution in [0.25, 0.3) is 11.0 Å². The number of carbonyl (C=O) groups excluding carboxylic acids is 1. The SMILES string of the molecule is CCC(Cc1nc2c(cnn2C2CCN(C(=O)OC(C)(C)C)C2)c(=O)[nH]1)C(F)(F)F. The Kier molecular flexibility index (Phi) is 5.83. The molecule has 0 bridgehead atoms. The van der Waals surface area contributed by atoms with Gasteiger partial charge in [-0.2, -0.15) is 18.3 Å². The maximum absolute atomic E-state index is 13.1. The second-order valence-electron chi connectivity index (χ2n) is 8.56. The predicted octanol–water partition coefficient (Wildman–Crippen LogP) is 3.43. The fraction of sp³-hybridized carbons (Fsp3) is 0.684. The standard InChI is InChI=1S/C19H26F3N5O3/c1-5-11(19(20,21)22)8-14-24-15-13(16(28)25-14)9-23-27(15)12-6-7-26(10-12)17(29)30-18(2,3)4/h9,11-12H,5-8,10H2,1-4H3,(H,24,25,28). The maximum Gasteiger partial charge on any atom is 0.410 e. The normalized spacial score (nSPS) is 18.8. The van der Waals surface area contributed by atoms with Gasteiger partial charge < -0.3 is 14.6 Å². The van der Waals surface area contributed by atoms with Gasteiger partial charge in [0.2, 0.25) is 0 Å². The zero-order valence-corrected chi connectivity index (χ0v) is 17.4. The van der Waals surface area contributed by atoms with Gasteiger partial charge in [-0.15, -0.1) is 0 Å². The fourth-order valence-corrected chi connectivity index (χ4v) is 3.50. The van der Waals surface area contributed by atoms with Crippen molar-refractivity contribution < 1.29 is 22.7 Å². The third-order valence-electron chi connectivity index (χ3n) is 5.07. The highest BCUT2D eigenvalue weighted by Crippen LogP contribution is 2.31. The van der Waals surface area contributed by atoms with Crippen LogP contribution in [0.2, 0.25) is 0 Å². The van der Waals surface area contributed by atoms with Crippen LogP contribution in [0.3, 0.4) is 0 Å². The number of nitrogens with zero attached hydrogens (tertiary/aromatic N) is 4. The van der Waals surface area contributed by atoms with E-state index in [1.807, 2.05) is 0 Å². The lowest BCUT2D eigenvalue weighted by Gasteiger charge is -2.24. The minimum absolute atomic E-state index is 0.0274. The van der Waals surface area contributed by atoms with Gasteiger partial charge in [0, 0.05) is 19.5 Å². The Morgan fingerprint density at radius 1 is 1.37 bits per heavy atom. The van der Waals surface area contributed by atoms with Crippen LogP contribution in [0, 0.1) is 5.92 Å². The number of likely N-dealkylation sites (tertiary alicyclic amines) is 1. The number of ether oxygens (including phenoxy) is 1. The van der Waals surface area contributed by atoms with Crippen LogP contribution in [0.1, 0.15) is 52.4 Å². The van der Waals surface area contributed by atoms with Crippen molar-refractivity contribution in [3.05, 3.63) is 22.4 Å². The Bertz CT molecular complexity index is 976. The van der Waals surface area contributed by atoms with Crippen LogP contribution in [-0.4, -0.2) is 55.6 Å². The summed E-state index contributed by atoms with van der Waals surface area (Å²) < 4.78 is 46.3. The van der Waals surface area contributed by atoms with Crippen LogP contribution >= 0.6 is 0 Å². The molecule has 0 aliphatic carbocycles. The van der Waals surface area contributed by atoms with E-state index in [-0.39, 0.29) is 29.3 Å². The first-order valence-electron chi connectivity index (χ1n) is 9.90. The van der Waals surface area contributed by atoms with Crippen LogP contribution in [0.5, 0.6) is 0 Å². The Morgan fingerprint density at radius 2 is 2.07 bits per heavy atom. The third-order valence-corrected chi connectivity index (χ3v) is 5.07. The molecule has 3 heterocycles. The Balaban J connectivity index is 1.85. The number of hydrogen-bond donors (Lipinski definition) is 1. The van der Waals surface area contributed by atoms with Crippen molar-refractivity contribution in [1.29, 1.82) is 0 Å². The summed E-state index contributed by atoms with van der Waals surface area (Å²) in [7, 11) is 0. The zero-order valence-electron chi connectivity index (χ0n) is 17.4. The van der Waals surface area contributed by atoms with Gasteiger partial charge in [0.05, 0.1) is 18.2 Å². The van der Waals surface area contributed by atoms with Crippen LogP contribution in [0.4, 0.5) is 18.0 Å². The minimum Gasteiger partial charge on any atom is -0.444 e.